The van der Waals surface area contributed by atoms with Crippen molar-refractivity contribution in [2.75, 3.05) is 85.5 Å². The van der Waals surface area contributed by atoms with Crippen LogP contribution in [0.3, 0.4) is 0 Å². The van der Waals surface area contributed by atoms with Crippen LogP contribution in [0.25, 0.3) is 11.3 Å². The van der Waals surface area contributed by atoms with Crippen LogP contribution in [-0.2, 0) is 0 Å². The molecule has 0 atom stereocenters. The summed E-state index contributed by atoms with van der Waals surface area (Å²) in [6, 6.07) is 16.2. The van der Waals surface area contributed by atoms with E-state index in [1.54, 1.807) is 48.5 Å². The number of methoxy groups -OCH3 is 4. The fraction of sp³-hybridized carbons (Fsp3) is 0.343. The third kappa shape index (κ3) is 9.18. The summed E-state index contributed by atoms with van der Waals surface area (Å²) in [6.07, 6.45) is -0.0455. The van der Waals surface area contributed by atoms with Gasteiger partial charge >= 0.3 is 6.09 Å². The first-order valence-electron chi connectivity index (χ1n) is 15.7. The van der Waals surface area contributed by atoms with Crippen molar-refractivity contribution < 1.29 is 37.6 Å². The van der Waals surface area contributed by atoms with Gasteiger partial charge in [-0.25, -0.2) is 14.2 Å². The van der Waals surface area contributed by atoms with E-state index in [1.807, 2.05) is 0 Å². The van der Waals surface area contributed by atoms with Gasteiger partial charge in [-0.05, 0) is 49.9 Å². The average Bonchev–Trinajstić information content (AvgIpc) is 3.11. The van der Waals surface area contributed by atoms with Crippen LogP contribution in [0.4, 0.5) is 26.5 Å². The molecule has 0 unspecified atom stereocenters. The average molecular weight is 677 g/mol. The molecule has 0 radical (unpaired) electrons. The summed E-state index contributed by atoms with van der Waals surface area (Å²) in [7, 11) is 8.15. The number of carbonyl (C=O) groups is 1. The number of piperazine rings is 1. The van der Waals surface area contributed by atoms with Gasteiger partial charge in [0.05, 0.1) is 46.4 Å². The number of nitrogens with zero attached hydrogens (tertiary/aromatic N) is 4. The number of amides is 1. The van der Waals surface area contributed by atoms with Gasteiger partial charge in [0.2, 0.25) is 11.8 Å². The molecular weight excluding hydrogens is 635 g/mol. The monoisotopic (exact) mass is 676 g/mol. The van der Waals surface area contributed by atoms with Gasteiger partial charge in [0.1, 0.15) is 11.5 Å². The molecule has 2 heterocycles. The van der Waals surface area contributed by atoms with Crippen molar-refractivity contribution in [3.8, 4) is 45.9 Å². The molecule has 1 fully saturated rings. The second-order valence-corrected chi connectivity index (χ2v) is 11.2. The Morgan fingerprint density at radius 3 is 2.37 bits per heavy atom. The largest absolute Gasteiger partial charge is 0.497 e. The van der Waals surface area contributed by atoms with Crippen molar-refractivity contribution >= 4 is 23.4 Å². The number of carbonyl (C=O) groups excluding carboxylic acids is 1. The minimum atomic E-state index is -0.836. The Kier molecular flexibility index (Phi) is 11.9. The van der Waals surface area contributed by atoms with Gasteiger partial charge in [0, 0.05) is 62.2 Å². The number of ether oxygens (including phenoxy) is 6. The van der Waals surface area contributed by atoms with Gasteiger partial charge in [0.25, 0.3) is 0 Å². The number of aromatic nitrogens is 2. The van der Waals surface area contributed by atoms with Crippen LogP contribution in [0.5, 0.6) is 34.6 Å². The normalized spacial score (nSPS) is 13.3. The molecular formula is C35H41FN6O7. The molecule has 1 aliphatic heterocycles. The fourth-order valence-electron chi connectivity index (χ4n) is 5.26. The van der Waals surface area contributed by atoms with Gasteiger partial charge in [0.15, 0.2) is 23.1 Å². The maximum atomic E-state index is 15.1. The highest BCUT2D eigenvalue weighted by Gasteiger charge is 2.19. The zero-order valence-electron chi connectivity index (χ0n) is 28.2. The molecule has 14 heteroatoms. The number of anilines is 3. The SMILES string of the molecule is COc1ccc(NC(=O)Oc2cc(-c3cccc(OC)c3OC)nc(Nc3ccc(OCCCN4CCN(C)CC4)c(F)c3)n2)c(OC)c1. The number of likely N-dealkylation sites (N-methyl/N-ethyl adjacent to an activating group) is 1. The van der Waals surface area contributed by atoms with Gasteiger partial charge in [-0.2, -0.15) is 4.98 Å². The lowest BCUT2D eigenvalue weighted by molar-refractivity contribution is 0.145. The molecule has 3 aromatic carbocycles. The van der Waals surface area contributed by atoms with Crippen LogP contribution < -0.4 is 39.1 Å². The zero-order valence-corrected chi connectivity index (χ0v) is 28.2. The number of hydrogen-bond donors (Lipinski definition) is 2. The summed E-state index contributed by atoms with van der Waals surface area (Å²) < 4.78 is 48.1. The Hall–Kier alpha value is -5.34. The number of para-hydroxylation sites is 1. The van der Waals surface area contributed by atoms with Crippen molar-refractivity contribution in [2.45, 2.75) is 6.42 Å². The zero-order chi connectivity index (χ0) is 34.8. The van der Waals surface area contributed by atoms with E-state index >= 15 is 4.39 Å². The lowest BCUT2D eigenvalue weighted by atomic mass is 10.1. The van der Waals surface area contributed by atoms with E-state index in [9.17, 15) is 4.79 Å². The predicted molar refractivity (Wildman–Crippen MR) is 183 cm³/mol. The Balaban J connectivity index is 1.34. The lowest BCUT2D eigenvalue weighted by Crippen LogP contribution is -2.44. The number of benzene rings is 3. The molecule has 4 aromatic rings. The van der Waals surface area contributed by atoms with E-state index in [0.717, 1.165) is 39.1 Å². The summed E-state index contributed by atoms with van der Waals surface area (Å²) in [5.41, 5.74) is 1.60. The highest BCUT2D eigenvalue weighted by Crippen LogP contribution is 2.38. The summed E-state index contributed by atoms with van der Waals surface area (Å²) >= 11 is 0. The highest BCUT2D eigenvalue weighted by molar-refractivity contribution is 5.88. The van der Waals surface area contributed by atoms with E-state index in [4.69, 9.17) is 28.4 Å². The van der Waals surface area contributed by atoms with Crippen molar-refractivity contribution in [1.29, 1.82) is 0 Å². The van der Waals surface area contributed by atoms with Crippen LogP contribution in [-0.4, -0.2) is 101 Å². The number of nitrogens with one attached hydrogen (secondary N) is 2. The molecule has 0 aliphatic carbocycles. The van der Waals surface area contributed by atoms with Crippen LogP contribution >= 0.6 is 0 Å². The molecule has 5 rings (SSSR count). The third-order valence-electron chi connectivity index (χ3n) is 7.88. The molecule has 2 N–H and O–H groups in total. The Labute approximate surface area is 284 Å². The van der Waals surface area contributed by atoms with Crippen molar-refractivity contribution in [3.05, 3.63) is 66.5 Å². The minimum absolute atomic E-state index is 0.0347. The smallest absolute Gasteiger partial charge is 0.418 e. The Bertz CT molecular complexity index is 1740. The molecule has 13 nitrogen and oxygen atoms in total. The topological polar surface area (TPSA) is 129 Å². The lowest BCUT2D eigenvalue weighted by Gasteiger charge is -2.32. The molecule has 1 aliphatic rings. The van der Waals surface area contributed by atoms with Crippen LogP contribution in [0.15, 0.2) is 60.7 Å². The van der Waals surface area contributed by atoms with Crippen LogP contribution in [0, 0.1) is 5.82 Å². The molecule has 1 aromatic heterocycles. The highest BCUT2D eigenvalue weighted by atomic mass is 19.1. The molecule has 1 saturated heterocycles. The second kappa shape index (κ2) is 16.7. The Morgan fingerprint density at radius 1 is 0.857 bits per heavy atom. The fourth-order valence-corrected chi connectivity index (χ4v) is 5.26. The molecule has 49 heavy (non-hydrogen) atoms. The van der Waals surface area contributed by atoms with Crippen LogP contribution in [0.1, 0.15) is 6.42 Å². The van der Waals surface area contributed by atoms with E-state index in [1.165, 1.54) is 40.6 Å². The standard InChI is InChI=1S/C35H41FN6O7/c1-41-15-17-42(18-16-41)14-7-19-48-29-13-10-23(20-26(29)36)37-34-38-28(25-8-6-9-30(45-3)33(25)47-5)22-32(40-34)49-35(43)39-27-12-11-24(44-2)21-31(27)46-4/h6,8-13,20-22H,7,14-19H2,1-5H3,(H,39,43)(H,37,38,40). The molecule has 0 spiro atoms. The first kappa shape index (κ1) is 35.0. The summed E-state index contributed by atoms with van der Waals surface area (Å²) in [5, 5.41) is 5.66. The summed E-state index contributed by atoms with van der Waals surface area (Å²) in [5.74, 6) is 1.35. The number of hydrogen-bond acceptors (Lipinski definition) is 12. The molecule has 1 amide bonds. The van der Waals surface area contributed by atoms with Gasteiger partial charge in [-0.15, -0.1) is 0 Å². The van der Waals surface area contributed by atoms with E-state index in [2.05, 4.69) is 37.4 Å². The van der Waals surface area contributed by atoms with Crippen molar-refractivity contribution in [2.24, 2.45) is 0 Å². The molecule has 0 bridgehead atoms. The predicted octanol–water partition coefficient (Wildman–Crippen LogP) is 5.69. The summed E-state index contributed by atoms with van der Waals surface area (Å²) in [4.78, 5) is 26.7. The quantitative estimate of drug-likeness (QED) is 0.159. The Morgan fingerprint density at radius 2 is 1.65 bits per heavy atom. The third-order valence-corrected chi connectivity index (χ3v) is 7.88. The first-order valence-corrected chi connectivity index (χ1v) is 15.7. The van der Waals surface area contributed by atoms with Gasteiger partial charge < -0.3 is 43.5 Å². The minimum Gasteiger partial charge on any atom is -0.497 e. The molecule has 0 saturated carbocycles. The van der Waals surface area contributed by atoms with E-state index in [-0.39, 0.29) is 17.6 Å². The van der Waals surface area contributed by atoms with E-state index in [0.29, 0.717) is 52.2 Å². The maximum Gasteiger partial charge on any atom is 0.418 e. The number of rotatable bonds is 14. The molecule has 260 valence electrons. The summed E-state index contributed by atoms with van der Waals surface area (Å²) in [6.45, 7) is 5.43. The van der Waals surface area contributed by atoms with E-state index < -0.39 is 11.9 Å². The first-order chi connectivity index (χ1) is 23.8. The van der Waals surface area contributed by atoms with Crippen LogP contribution in [0.2, 0.25) is 0 Å². The second-order valence-electron chi connectivity index (χ2n) is 11.2. The van der Waals surface area contributed by atoms with Gasteiger partial charge in [-0.1, -0.05) is 6.07 Å². The van der Waals surface area contributed by atoms with Gasteiger partial charge in [-0.3, -0.25) is 5.32 Å². The van der Waals surface area contributed by atoms with Crippen molar-refractivity contribution in [3.63, 3.8) is 0 Å². The van der Waals surface area contributed by atoms with Crippen molar-refractivity contribution in [1.82, 2.24) is 19.8 Å². The maximum absolute atomic E-state index is 15.1. The number of halogens is 1.